The number of nitrogens with one attached hydrogen (secondary N) is 1. The zero-order valence-corrected chi connectivity index (χ0v) is 11.7. The molecule has 0 bridgehead atoms. The third kappa shape index (κ3) is 3.33. The van der Waals surface area contributed by atoms with E-state index in [1.165, 1.54) is 43.2 Å². The Bertz CT molecular complexity index is 348. The first kappa shape index (κ1) is 13.6. The summed E-state index contributed by atoms with van der Waals surface area (Å²) in [5.74, 6) is 7.23. The highest BCUT2D eigenvalue weighted by Gasteiger charge is 2.27. The zero-order chi connectivity index (χ0) is 13.0. The monoisotopic (exact) mass is 246 g/mol. The molecule has 1 aliphatic rings. The van der Waals surface area contributed by atoms with Gasteiger partial charge in [-0.3, -0.25) is 11.3 Å². The molecule has 0 heterocycles. The lowest BCUT2D eigenvalue weighted by Gasteiger charge is -2.22. The lowest BCUT2D eigenvalue weighted by Crippen LogP contribution is -2.41. The van der Waals surface area contributed by atoms with E-state index in [9.17, 15) is 0 Å². The van der Waals surface area contributed by atoms with Gasteiger partial charge in [0.05, 0.1) is 0 Å². The van der Waals surface area contributed by atoms with E-state index >= 15 is 0 Å². The van der Waals surface area contributed by atoms with Crippen molar-refractivity contribution in [1.82, 2.24) is 5.43 Å². The maximum absolute atomic E-state index is 5.75. The Balaban J connectivity index is 1.87. The summed E-state index contributed by atoms with van der Waals surface area (Å²) in [5, 5.41) is 0. The van der Waals surface area contributed by atoms with Crippen LogP contribution in [0.1, 0.15) is 44.2 Å². The molecule has 100 valence electrons. The topological polar surface area (TPSA) is 38.0 Å². The predicted molar refractivity (Wildman–Crippen MR) is 77.1 cm³/mol. The highest BCUT2D eigenvalue weighted by Crippen LogP contribution is 2.30. The number of hydrazine groups is 1. The molecule has 1 aromatic carbocycles. The summed E-state index contributed by atoms with van der Waals surface area (Å²) < 4.78 is 0. The largest absolute Gasteiger partial charge is 0.271 e. The van der Waals surface area contributed by atoms with Crippen LogP contribution in [-0.2, 0) is 12.8 Å². The molecule has 2 rings (SSSR count). The van der Waals surface area contributed by atoms with Gasteiger partial charge in [0.25, 0.3) is 0 Å². The zero-order valence-electron chi connectivity index (χ0n) is 11.7. The summed E-state index contributed by atoms with van der Waals surface area (Å²) in [6.45, 7) is 4.58. The molecular formula is C16H26N2. The van der Waals surface area contributed by atoms with Crippen LogP contribution in [0, 0.1) is 11.8 Å². The average molecular weight is 246 g/mol. The number of benzene rings is 1. The molecule has 0 spiro atoms. The molecule has 2 nitrogen and oxygen atoms in total. The van der Waals surface area contributed by atoms with Crippen LogP contribution in [0.4, 0.5) is 0 Å². The summed E-state index contributed by atoms with van der Waals surface area (Å²) >= 11 is 0. The predicted octanol–water partition coefficient (Wildman–Crippen LogP) is 3.06. The Kier molecular flexibility index (Phi) is 4.79. The van der Waals surface area contributed by atoms with Crippen molar-refractivity contribution in [2.24, 2.45) is 17.7 Å². The number of fused-ring (bicyclic) bond motifs is 1. The molecule has 0 radical (unpaired) electrons. The van der Waals surface area contributed by atoms with Gasteiger partial charge in [0.2, 0.25) is 0 Å². The standard InChI is InChI=1S/C16H26N2/c1-12(2)6-5-9-16(18-17)15-10-13-7-3-4-8-14(13)11-15/h3-4,7-8,12,15-16,18H,5-6,9-11,17H2,1-2H3. The Morgan fingerprint density at radius 1 is 1.17 bits per heavy atom. The van der Waals surface area contributed by atoms with E-state index in [2.05, 4.69) is 43.5 Å². The fourth-order valence-corrected chi connectivity index (χ4v) is 3.08. The van der Waals surface area contributed by atoms with Crippen LogP contribution in [0.2, 0.25) is 0 Å². The number of nitrogens with two attached hydrogens (primary N) is 1. The summed E-state index contributed by atoms with van der Waals surface area (Å²) in [7, 11) is 0. The fourth-order valence-electron chi connectivity index (χ4n) is 3.08. The molecular weight excluding hydrogens is 220 g/mol. The Morgan fingerprint density at radius 3 is 2.28 bits per heavy atom. The number of hydrogen-bond donors (Lipinski definition) is 2. The SMILES string of the molecule is CC(C)CCCC(NN)C1Cc2ccccc2C1. The minimum Gasteiger partial charge on any atom is -0.271 e. The van der Waals surface area contributed by atoms with E-state index in [0.717, 1.165) is 5.92 Å². The summed E-state index contributed by atoms with van der Waals surface area (Å²) in [6.07, 6.45) is 6.16. The van der Waals surface area contributed by atoms with Crippen LogP contribution >= 0.6 is 0 Å². The van der Waals surface area contributed by atoms with Crippen molar-refractivity contribution < 1.29 is 0 Å². The lowest BCUT2D eigenvalue weighted by molar-refractivity contribution is 0.333. The molecule has 1 unspecified atom stereocenters. The first-order valence-electron chi connectivity index (χ1n) is 7.23. The Hall–Kier alpha value is -0.860. The molecule has 0 aliphatic heterocycles. The van der Waals surface area contributed by atoms with Gasteiger partial charge < -0.3 is 0 Å². The van der Waals surface area contributed by atoms with Gasteiger partial charge in [-0.2, -0.15) is 0 Å². The van der Waals surface area contributed by atoms with Gasteiger partial charge in [-0.05, 0) is 42.2 Å². The maximum atomic E-state index is 5.75. The van der Waals surface area contributed by atoms with Crippen molar-refractivity contribution in [1.29, 1.82) is 0 Å². The Morgan fingerprint density at radius 2 is 1.78 bits per heavy atom. The van der Waals surface area contributed by atoms with Crippen molar-refractivity contribution in [2.45, 2.75) is 52.0 Å². The molecule has 18 heavy (non-hydrogen) atoms. The average Bonchev–Trinajstić information content (AvgIpc) is 2.77. The Labute approximate surface area is 111 Å². The molecule has 1 aromatic rings. The van der Waals surface area contributed by atoms with Gasteiger partial charge in [0.1, 0.15) is 0 Å². The molecule has 2 heteroatoms. The van der Waals surface area contributed by atoms with Crippen molar-refractivity contribution >= 4 is 0 Å². The maximum Gasteiger partial charge on any atom is 0.0245 e. The third-order valence-electron chi connectivity index (χ3n) is 4.16. The molecule has 0 saturated carbocycles. The second-order valence-electron chi connectivity index (χ2n) is 6.03. The van der Waals surface area contributed by atoms with Gasteiger partial charge in [0.15, 0.2) is 0 Å². The second-order valence-corrected chi connectivity index (χ2v) is 6.03. The van der Waals surface area contributed by atoms with Crippen LogP contribution in [0.3, 0.4) is 0 Å². The fraction of sp³-hybridized carbons (Fsp3) is 0.625. The van der Waals surface area contributed by atoms with Crippen LogP contribution in [0.25, 0.3) is 0 Å². The first-order valence-corrected chi connectivity index (χ1v) is 7.23. The van der Waals surface area contributed by atoms with Gasteiger partial charge in [-0.1, -0.05) is 51.0 Å². The van der Waals surface area contributed by atoms with Crippen molar-refractivity contribution in [3.63, 3.8) is 0 Å². The molecule has 1 atom stereocenters. The van der Waals surface area contributed by atoms with E-state index in [4.69, 9.17) is 5.84 Å². The van der Waals surface area contributed by atoms with Gasteiger partial charge in [-0.25, -0.2) is 0 Å². The van der Waals surface area contributed by atoms with Gasteiger partial charge in [-0.15, -0.1) is 0 Å². The molecule has 0 amide bonds. The molecule has 1 aliphatic carbocycles. The van der Waals surface area contributed by atoms with E-state index < -0.39 is 0 Å². The van der Waals surface area contributed by atoms with E-state index in [0.29, 0.717) is 12.0 Å². The highest BCUT2D eigenvalue weighted by atomic mass is 15.2. The van der Waals surface area contributed by atoms with Crippen LogP contribution < -0.4 is 11.3 Å². The van der Waals surface area contributed by atoms with E-state index in [1.54, 1.807) is 0 Å². The third-order valence-corrected chi connectivity index (χ3v) is 4.16. The first-order chi connectivity index (χ1) is 8.70. The molecule has 0 aromatic heterocycles. The van der Waals surface area contributed by atoms with E-state index in [-0.39, 0.29) is 0 Å². The number of rotatable bonds is 6. The van der Waals surface area contributed by atoms with Crippen LogP contribution in [0.5, 0.6) is 0 Å². The van der Waals surface area contributed by atoms with Crippen molar-refractivity contribution in [2.75, 3.05) is 0 Å². The highest BCUT2D eigenvalue weighted by molar-refractivity contribution is 5.32. The molecule has 3 N–H and O–H groups in total. The van der Waals surface area contributed by atoms with Gasteiger partial charge >= 0.3 is 0 Å². The number of hydrogen-bond acceptors (Lipinski definition) is 2. The smallest absolute Gasteiger partial charge is 0.0245 e. The van der Waals surface area contributed by atoms with Crippen molar-refractivity contribution in [3.8, 4) is 0 Å². The summed E-state index contributed by atoms with van der Waals surface area (Å²) in [6, 6.07) is 9.28. The van der Waals surface area contributed by atoms with Gasteiger partial charge in [0, 0.05) is 6.04 Å². The second kappa shape index (κ2) is 6.35. The molecule has 0 saturated heterocycles. The quantitative estimate of drug-likeness (QED) is 0.598. The summed E-state index contributed by atoms with van der Waals surface area (Å²) in [4.78, 5) is 0. The minimum absolute atomic E-state index is 0.469. The van der Waals surface area contributed by atoms with E-state index in [1.807, 2.05) is 0 Å². The van der Waals surface area contributed by atoms with Crippen LogP contribution in [-0.4, -0.2) is 6.04 Å². The lowest BCUT2D eigenvalue weighted by atomic mass is 9.91. The summed E-state index contributed by atoms with van der Waals surface area (Å²) in [5.41, 5.74) is 6.09. The minimum atomic E-state index is 0.469. The normalized spacial score (nSPS) is 17.1. The molecule has 0 fully saturated rings. The van der Waals surface area contributed by atoms with Crippen molar-refractivity contribution in [3.05, 3.63) is 35.4 Å². The van der Waals surface area contributed by atoms with Crippen LogP contribution in [0.15, 0.2) is 24.3 Å².